The van der Waals surface area contributed by atoms with Gasteiger partial charge in [-0.3, -0.25) is 14.4 Å². The van der Waals surface area contributed by atoms with E-state index in [0.717, 1.165) is 25.7 Å². The Bertz CT molecular complexity index is 854. The average Bonchev–Trinajstić information content (AvgIpc) is 2.83. The van der Waals surface area contributed by atoms with Gasteiger partial charge in [-0.05, 0) is 74.1 Å². The number of fused-ring (bicyclic) bond motifs is 5. The first kappa shape index (κ1) is 16.2. The number of rotatable bonds is 4. The van der Waals surface area contributed by atoms with Gasteiger partial charge in [0.25, 0.3) is 0 Å². The topological polar surface area (TPSA) is 80.7 Å². The van der Waals surface area contributed by atoms with Crippen LogP contribution in [0.1, 0.15) is 82.1 Å². The number of hydrogen-bond donors (Lipinski definition) is 1. The Morgan fingerprint density at radius 3 is 2.75 bits per heavy atom. The van der Waals surface area contributed by atoms with Gasteiger partial charge >= 0.3 is 11.9 Å². The predicted octanol–water partition coefficient (Wildman–Crippen LogP) is 4.29. The summed E-state index contributed by atoms with van der Waals surface area (Å²) >= 11 is 0. The lowest BCUT2D eigenvalue weighted by Gasteiger charge is -2.57. The molecule has 4 rings (SSSR count). The number of esters is 1. The van der Waals surface area contributed by atoms with Crippen LogP contribution in [0.4, 0.5) is 0 Å². The van der Waals surface area contributed by atoms with Crippen molar-refractivity contribution in [2.75, 3.05) is 0 Å². The number of carbonyl (C=O) groups is 3. The number of allylic oxidation sites excluding steroid dienone is 1. The van der Waals surface area contributed by atoms with Crippen molar-refractivity contribution in [2.24, 2.45) is 28.6 Å². The Kier molecular flexibility index (Phi) is 4.04. The molecule has 0 aromatic heterocycles. The number of carboxylic acid groups (broad SMARTS) is 1. The van der Waals surface area contributed by atoms with Gasteiger partial charge in [0.1, 0.15) is 6.08 Å². The second-order valence-electron chi connectivity index (χ2n) is 9.50. The zero-order valence-electron chi connectivity index (χ0n) is 19.8. The molecule has 6 atom stereocenters. The van der Waals surface area contributed by atoms with Crippen LogP contribution in [-0.4, -0.2) is 28.9 Å². The number of carboxylic acids is 1. The summed E-state index contributed by atoms with van der Waals surface area (Å²) in [7, 11) is 0. The van der Waals surface area contributed by atoms with Gasteiger partial charge in [-0.15, -0.1) is 0 Å². The summed E-state index contributed by atoms with van der Waals surface area (Å²) in [6.07, 6.45) is 1.63. The van der Waals surface area contributed by atoms with Crippen LogP contribution in [0, 0.1) is 28.6 Å². The summed E-state index contributed by atoms with van der Waals surface area (Å²) < 4.78 is 31.9. The van der Waals surface area contributed by atoms with Gasteiger partial charge in [-0.25, -0.2) is 0 Å². The summed E-state index contributed by atoms with van der Waals surface area (Å²) in [6, 6.07) is 0. The van der Waals surface area contributed by atoms with E-state index in [1.807, 2.05) is 13.0 Å². The highest BCUT2D eigenvalue weighted by Crippen LogP contribution is 2.65. The van der Waals surface area contributed by atoms with E-state index in [4.69, 9.17) is 14.0 Å². The van der Waals surface area contributed by atoms with Crippen LogP contribution in [0.3, 0.4) is 0 Å². The smallest absolute Gasteiger partial charge is 0.306 e. The number of hydrogen-bond acceptors (Lipinski definition) is 4. The highest BCUT2D eigenvalue weighted by Gasteiger charge is 2.59. The first-order valence-electron chi connectivity index (χ1n) is 12.0. The molecule has 0 aromatic carbocycles. The van der Waals surface area contributed by atoms with Crippen molar-refractivity contribution in [1.29, 1.82) is 0 Å². The third-order valence-corrected chi connectivity index (χ3v) is 8.11. The van der Waals surface area contributed by atoms with Crippen molar-refractivity contribution in [3.8, 4) is 0 Å². The van der Waals surface area contributed by atoms with E-state index in [9.17, 15) is 14.4 Å². The molecule has 5 nitrogen and oxygen atoms in total. The molecule has 3 unspecified atom stereocenters. The first-order valence-corrected chi connectivity index (χ1v) is 10.5. The zero-order chi connectivity index (χ0) is 22.8. The van der Waals surface area contributed by atoms with Crippen LogP contribution in [0.5, 0.6) is 0 Å². The van der Waals surface area contributed by atoms with Gasteiger partial charge in [0.15, 0.2) is 5.78 Å². The summed E-state index contributed by atoms with van der Waals surface area (Å²) in [5, 5.41) is 8.84. The lowest BCUT2D eigenvalue weighted by Crippen LogP contribution is -2.51. The van der Waals surface area contributed by atoms with Crippen molar-refractivity contribution in [1.82, 2.24) is 0 Å². The second-order valence-corrected chi connectivity index (χ2v) is 9.50. The molecule has 5 heteroatoms. The molecule has 154 valence electrons. The molecular weight excluding hydrogens is 356 g/mol. The largest absolute Gasteiger partial charge is 0.481 e. The molecule has 0 spiro atoms. The highest BCUT2D eigenvalue weighted by atomic mass is 16.5. The maximum absolute atomic E-state index is 12.4. The molecule has 1 N–H and O–H groups in total. The molecule has 0 heterocycles. The first-order chi connectivity index (χ1) is 14.3. The Morgan fingerprint density at radius 1 is 1.21 bits per heavy atom. The minimum atomic E-state index is -2.04. The van der Waals surface area contributed by atoms with E-state index in [1.54, 1.807) is 0 Å². The third-order valence-electron chi connectivity index (χ3n) is 8.11. The number of carbonyl (C=O) groups excluding carboxylic acids is 2. The average molecular weight is 392 g/mol. The number of ether oxygens (including phenoxy) is 1. The molecule has 3 saturated carbocycles. The Morgan fingerprint density at radius 2 is 2.00 bits per heavy atom. The van der Waals surface area contributed by atoms with Gasteiger partial charge in [0.2, 0.25) is 0 Å². The molecular formula is C23H32O5. The fourth-order valence-electron chi connectivity index (χ4n) is 6.47. The fraction of sp³-hybridized carbons (Fsp3) is 0.783. The third kappa shape index (κ3) is 3.11. The maximum atomic E-state index is 12.4. The van der Waals surface area contributed by atoms with Crippen molar-refractivity contribution < 1.29 is 28.3 Å². The van der Waals surface area contributed by atoms with Gasteiger partial charge in [-0.2, -0.15) is 0 Å². The second kappa shape index (κ2) is 7.00. The normalized spacial score (nSPS) is 48.1. The van der Waals surface area contributed by atoms with Crippen LogP contribution >= 0.6 is 0 Å². The van der Waals surface area contributed by atoms with Gasteiger partial charge in [-0.1, -0.05) is 19.4 Å². The summed E-state index contributed by atoms with van der Waals surface area (Å²) in [5.74, 6) is -1.30. The van der Waals surface area contributed by atoms with E-state index in [1.165, 1.54) is 5.57 Å². The molecule has 4 aliphatic rings. The highest BCUT2D eigenvalue weighted by molar-refractivity contribution is 5.91. The Balaban J connectivity index is 1.63. The molecule has 28 heavy (non-hydrogen) atoms. The minimum Gasteiger partial charge on any atom is -0.481 e. The van der Waals surface area contributed by atoms with E-state index < -0.39 is 36.2 Å². The van der Waals surface area contributed by atoms with Crippen molar-refractivity contribution >= 4 is 17.7 Å². The van der Waals surface area contributed by atoms with Gasteiger partial charge in [0.05, 0.1) is 14.2 Å². The van der Waals surface area contributed by atoms with E-state index >= 15 is 0 Å². The lowest BCUT2D eigenvalue weighted by molar-refractivity contribution is -0.161. The van der Waals surface area contributed by atoms with Crippen LogP contribution < -0.4 is 0 Å². The summed E-state index contributed by atoms with van der Waals surface area (Å²) in [5.41, 5.74) is 0.335. The van der Waals surface area contributed by atoms with Crippen LogP contribution in [0.2, 0.25) is 0 Å². The van der Waals surface area contributed by atoms with Crippen LogP contribution in [0.25, 0.3) is 0 Å². The monoisotopic (exact) mass is 391 g/mol. The Labute approximate surface area is 171 Å². The van der Waals surface area contributed by atoms with Crippen LogP contribution in [0.15, 0.2) is 11.6 Å². The molecule has 0 radical (unpaired) electrons. The number of ketones is 1. The number of aliphatic carboxylic acids is 1. The van der Waals surface area contributed by atoms with Crippen molar-refractivity contribution in [3.05, 3.63) is 11.6 Å². The maximum Gasteiger partial charge on any atom is 0.306 e. The zero-order valence-corrected chi connectivity index (χ0v) is 16.8. The lowest BCUT2D eigenvalue weighted by atomic mass is 9.47. The molecule has 4 aliphatic carbocycles. The molecule has 0 bridgehead atoms. The van der Waals surface area contributed by atoms with Crippen LogP contribution in [-0.2, 0) is 19.1 Å². The van der Waals surface area contributed by atoms with E-state index in [-0.39, 0.29) is 35.9 Å². The molecule has 0 saturated heterocycles. The standard InChI is InChI=1S/C23H32O5/c1-22-11-9-15(24)13-14(22)3-4-16-17-5-6-19(23(17,2)12-10-18(16)22)28-21(27)8-7-20(25)26/h13,16-19H,3-12H2,1-2H3,(H,25,26)/t16?,17?,18?,19-,22-,23-/m0/s1/i6D2,19D. The quantitative estimate of drug-likeness (QED) is 0.723. The molecule has 3 fully saturated rings. The van der Waals surface area contributed by atoms with E-state index in [2.05, 4.69) is 6.92 Å². The van der Waals surface area contributed by atoms with Crippen molar-refractivity contribution in [3.63, 3.8) is 0 Å². The van der Waals surface area contributed by atoms with Gasteiger partial charge in [0, 0.05) is 14.6 Å². The summed E-state index contributed by atoms with van der Waals surface area (Å²) in [6.45, 7) is 4.13. The van der Waals surface area contributed by atoms with Crippen molar-refractivity contribution in [2.45, 2.75) is 84.1 Å². The Hall–Kier alpha value is -1.65. The van der Waals surface area contributed by atoms with Gasteiger partial charge < -0.3 is 9.84 Å². The molecule has 0 amide bonds. The molecule has 0 aliphatic heterocycles. The fourth-order valence-corrected chi connectivity index (χ4v) is 6.47. The molecule has 0 aromatic rings. The SMILES string of the molecule is [2H]C1([2H])CC2C3CCC4=CC(=O)CC[C@]4(C)C3CC[C@]2(C)[C@@]1([2H])OC(=O)CCC(=O)O. The van der Waals surface area contributed by atoms with E-state index in [0.29, 0.717) is 18.8 Å². The minimum absolute atomic E-state index is 0.0592. The predicted molar refractivity (Wildman–Crippen MR) is 103 cm³/mol. The summed E-state index contributed by atoms with van der Waals surface area (Å²) in [4.78, 5) is 35.1.